The Bertz CT molecular complexity index is 1440. The third-order valence-electron chi connectivity index (χ3n) is 11.1. The molecule has 5 rings (SSSR count). The van der Waals surface area contributed by atoms with Crippen LogP contribution in [0.25, 0.3) is 0 Å². The SMILES string of the molecule is CC(=O)N[C@H]1[C@H](O[C@@H]2[C@@H](OC[C@H]3O[C@H](O[C@H]4[C@H](O)[C@@H](NC(C)=O)C(O)O[C@@H]4CO)[C@@H](O)[C@@H](O[C@H]4O[C@H](CO)[C@@H](O)[C@H](O)[C@@H]4O)[C@@H]3O)O[C@H](CO)[C@@H](O)[C@@H]2O)O[C@H](CO)[C@@H](O)[C@@H]1O. The molecule has 1 unspecified atom stereocenters. The smallest absolute Gasteiger partial charge is 0.217 e. The van der Waals surface area contributed by atoms with Crippen LogP contribution in [0, 0.1) is 0 Å². The monoisotopic (exact) mass is 910 g/mol. The predicted molar refractivity (Wildman–Crippen MR) is 190 cm³/mol. The van der Waals surface area contributed by atoms with E-state index in [1.54, 1.807) is 0 Å². The van der Waals surface area contributed by atoms with Gasteiger partial charge in [0.2, 0.25) is 11.8 Å². The quantitative estimate of drug-likeness (QED) is 0.0725. The second kappa shape index (κ2) is 22.0. The predicted octanol–water partition coefficient (Wildman–Crippen LogP) is -11.6. The minimum Gasteiger partial charge on any atom is -0.394 e. The largest absolute Gasteiger partial charge is 0.394 e. The van der Waals surface area contributed by atoms with E-state index in [0.717, 1.165) is 13.8 Å². The summed E-state index contributed by atoms with van der Waals surface area (Å²) in [6.07, 6.45) is -42.7. The number of carbonyl (C=O) groups excluding carboxylic acids is 2. The van der Waals surface area contributed by atoms with Crippen molar-refractivity contribution in [2.24, 2.45) is 0 Å². The van der Waals surface area contributed by atoms with E-state index in [1.165, 1.54) is 0 Å². The van der Waals surface area contributed by atoms with Crippen molar-refractivity contribution in [3.8, 4) is 0 Å². The van der Waals surface area contributed by atoms with Crippen molar-refractivity contribution in [3.63, 3.8) is 0 Å². The molecule has 62 heavy (non-hydrogen) atoms. The van der Waals surface area contributed by atoms with Crippen LogP contribution in [0.15, 0.2) is 0 Å². The fourth-order valence-electron chi connectivity index (χ4n) is 7.71. The van der Waals surface area contributed by atoms with E-state index in [4.69, 9.17) is 42.6 Å². The standard InChI is InChI=1S/C34H58N2O26/c1-8(41)35-15-22(48)27(13(6-40)55-30(15)53)60-33-26(52)28(61-32-25(51)23(49)18(44)11(4-38)57-32)20(46)14(59-33)7-54-34-29(24(50)19(45)12(5-39)58-34)62-31-16(36-9(2)42)21(47)17(43)10(3-37)56-31/h10-34,37-40,43-53H,3-7H2,1-2H3,(H,35,41)(H,36,42)/t10-,11-,12-,13-,14-,15-,16-,17-,18-,19-,20-,21-,22-,23+,24+,25+,26+,27-,28+,29+,30?,31+,32-,33-,34+/m1/s1. The number of hydrogen-bond acceptors (Lipinski definition) is 26. The van der Waals surface area contributed by atoms with Gasteiger partial charge in [-0.15, -0.1) is 0 Å². The molecule has 0 aromatic heterocycles. The van der Waals surface area contributed by atoms with Crippen LogP contribution in [0.5, 0.6) is 0 Å². The molecule has 0 radical (unpaired) electrons. The Morgan fingerprint density at radius 2 is 0.871 bits per heavy atom. The van der Waals surface area contributed by atoms with Crippen LogP contribution < -0.4 is 10.6 Å². The zero-order valence-electron chi connectivity index (χ0n) is 33.2. The second-order valence-electron chi connectivity index (χ2n) is 15.5. The van der Waals surface area contributed by atoms with E-state index in [1.807, 2.05) is 0 Å². The zero-order chi connectivity index (χ0) is 45.9. The fraction of sp³-hybridized carbons (Fsp3) is 0.941. The van der Waals surface area contributed by atoms with Crippen LogP contribution in [0.4, 0.5) is 0 Å². The van der Waals surface area contributed by atoms with E-state index in [-0.39, 0.29) is 0 Å². The van der Waals surface area contributed by atoms with Crippen LogP contribution >= 0.6 is 0 Å². The Kier molecular flexibility index (Phi) is 18.1. The highest BCUT2D eigenvalue weighted by Crippen LogP contribution is 2.35. The number of ether oxygens (including phenoxy) is 9. The number of carbonyl (C=O) groups is 2. The molecule has 0 spiro atoms. The average Bonchev–Trinajstić information content (AvgIpc) is 3.23. The lowest BCUT2D eigenvalue weighted by molar-refractivity contribution is -0.384. The molecular weight excluding hydrogens is 852 g/mol. The van der Waals surface area contributed by atoms with Gasteiger partial charge >= 0.3 is 0 Å². The van der Waals surface area contributed by atoms with Crippen molar-refractivity contribution >= 4 is 11.8 Å². The Labute approximate surface area is 351 Å². The van der Waals surface area contributed by atoms with Crippen LogP contribution in [0.3, 0.4) is 0 Å². The van der Waals surface area contributed by atoms with Gasteiger partial charge in [0.15, 0.2) is 31.5 Å². The van der Waals surface area contributed by atoms with Gasteiger partial charge in [-0.2, -0.15) is 0 Å². The summed E-state index contributed by atoms with van der Waals surface area (Å²) in [5.41, 5.74) is 0. The van der Waals surface area contributed by atoms with Gasteiger partial charge in [0.05, 0.1) is 33.0 Å². The van der Waals surface area contributed by atoms with Crippen LogP contribution in [0.2, 0.25) is 0 Å². The molecule has 0 saturated carbocycles. The van der Waals surface area contributed by atoms with Crippen molar-refractivity contribution in [2.45, 2.75) is 167 Å². The molecule has 28 heteroatoms. The molecule has 5 aliphatic rings. The fourth-order valence-corrected chi connectivity index (χ4v) is 7.71. The summed E-state index contributed by atoms with van der Waals surface area (Å²) in [6.45, 7) is -2.38. The van der Waals surface area contributed by atoms with Crippen molar-refractivity contribution in [3.05, 3.63) is 0 Å². The van der Waals surface area contributed by atoms with Gasteiger partial charge in [-0.1, -0.05) is 0 Å². The van der Waals surface area contributed by atoms with Gasteiger partial charge < -0.3 is 130 Å². The highest BCUT2D eigenvalue weighted by atomic mass is 16.8. The van der Waals surface area contributed by atoms with Gasteiger partial charge in [-0.05, 0) is 0 Å². The summed E-state index contributed by atoms with van der Waals surface area (Å²) in [4.78, 5) is 23.9. The number of hydrogen-bond donors (Lipinski definition) is 17. The molecular formula is C34H58N2O26. The minimum atomic E-state index is -2.17. The normalized spacial score (nSPS) is 49.0. The maximum absolute atomic E-state index is 12.0. The van der Waals surface area contributed by atoms with Gasteiger partial charge in [-0.3, -0.25) is 9.59 Å². The molecule has 25 atom stereocenters. The van der Waals surface area contributed by atoms with Crippen LogP contribution in [0.1, 0.15) is 13.8 Å². The molecule has 28 nitrogen and oxygen atoms in total. The molecule has 5 fully saturated rings. The van der Waals surface area contributed by atoms with Crippen molar-refractivity contribution in [1.29, 1.82) is 0 Å². The van der Waals surface area contributed by atoms with E-state index < -0.39 is 198 Å². The highest BCUT2D eigenvalue weighted by molar-refractivity contribution is 5.73. The molecule has 0 aliphatic carbocycles. The van der Waals surface area contributed by atoms with Gasteiger partial charge in [0.25, 0.3) is 0 Å². The molecule has 0 bridgehead atoms. The third kappa shape index (κ3) is 11.0. The summed E-state index contributed by atoms with van der Waals surface area (Å²) in [7, 11) is 0. The van der Waals surface area contributed by atoms with Gasteiger partial charge in [0.1, 0.15) is 122 Å². The van der Waals surface area contributed by atoms with Gasteiger partial charge in [0, 0.05) is 13.8 Å². The lowest BCUT2D eigenvalue weighted by Crippen LogP contribution is -2.68. The summed E-state index contributed by atoms with van der Waals surface area (Å²) in [5, 5.41) is 163. The maximum Gasteiger partial charge on any atom is 0.217 e. The molecule has 2 amide bonds. The Hall–Kier alpha value is -2.02. The number of aliphatic hydroxyl groups excluding tert-OH is 15. The molecule has 0 aromatic carbocycles. The molecule has 5 heterocycles. The Balaban J connectivity index is 1.44. The van der Waals surface area contributed by atoms with Crippen molar-refractivity contribution in [2.75, 3.05) is 33.0 Å². The Morgan fingerprint density at radius 3 is 1.44 bits per heavy atom. The van der Waals surface area contributed by atoms with E-state index >= 15 is 0 Å². The molecule has 17 N–H and O–H groups in total. The first-order chi connectivity index (χ1) is 29.3. The molecule has 360 valence electrons. The van der Waals surface area contributed by atoms with E-state index in [9.17, 15) is 86.2 Å². The lowest BCUT2D eigenvalue weighted by Gasteiger charge is -2.49. The first kappa shape index (κ1) is 51.0. The highest BCUT2D eigenvalue weighted by Gasteiger charge is 2.56. The van der Waals surface area contributed by atoms with Gasteiger partial charge in [-0.25, -0.2) is 0 Å². The Morgan fingerprint density at radius 1 is 0.419 bits per heavy atom. The lowest BCUT2D eigenvalue weighted by atomic mass is 9.95. The first-order valence-electron chi connectivity index (χ1n) is 19.6. The van der Waals surface area contributed by atoms with Crippen molar-refractivity contribution in [1.82, 2.24) is 10.6 Å². The minimum absolute atomic E-state index is 0.726. The summed E-state index contributed by atoms with van der Waals surface area (Å²) < 4.78 is 51.1. The first-order valence-corrected chi connectivity index (χ1v) is 19.6. The number of nitrogens with one attached hydrogen (secondary N) is 2. The molecule has 5 saturated heterocycles. The summed E-state index contributed by atoms with van der Waals surface area (Å²) >= 11 is 0. The second-order valence-corrected chi connectivity index (χ2v) is 15.5. The number of amides is 2. The summed E-state index contributed by atoms with van der Waals surface area (Å²) in [6, 6.07) is -3.13. The molecule has 5 aliphatic heterocycles. The van der Waals surface area contributed by atoms with E-state index in [2.05, 4.69) is 10.6 Å². The number of aliphatic hydroxyl groups is 15. The van der Waals surface area contributed by atoms with Crippen LogP contribution in [-0.2, 0) is 52.2 Å². The number of rotatable bonds is 15. The maximum atomic E-state index is 12.0. The summed E-state index contributed by atoms with van der Waals surface area (Å²) in [5.74, 6) is -1.46. The van der Waals surface area contributed by atoms with Crippen LogP contribution in [-0.4, -0.2) is 275 Å². The topological polar surface area (TPSA) is 445 Å². The van der Waals surface area contributed by atoms with Crippen molar-refractivity contribution < 1.29 is 129 Å². The van der Waals surface area contributed by atoms with E-state index in [0.29, 0.717) is 0 Å². The molecule has 0 aromatic rings. The third-order valence-corrected chi connectivity index (χ3v) is 11.1. The zero-order valence-corrected chi connectivity index (χ0v) is 33.2. The average molecular weight is 911 g/mol.